The number of anilines is 1. The summed E-state index contributed by atoms with van der Waals surface area (Å²) in [5.41, 5.74) is 2.49. The van der Waals surface area contributed by atoms with Gasteiger partial charge in [0.15, 0.2) is 9.84 Å². The predicted molar refractivity (Wildman–Crippen MR) is 109 cm³/mol. The van der Waals surface area contributed by atoms with Crippen LogP contribution in [0.5, 0.6) is 0 Å². The predicted octanol–water partition coefficient (Wildman–Crippen LogP) is 3.38. The highest BCUT2D eigenvalue weighted by Gasteiger charge is 2.28. The fourth-order valence-corrected chi connectivity index (χ4v) is 4.47. The number of piperidine rings is 1. The summed E-state index contributed by atoms with van der Waals surface area (Å²) in [6.07, 6.45) is 2.67. The molecule has 0 radical (unpaired) electrons. The van der Waals surface area contributed by atoms with Crippen LogP contribution in [0.25, 0.3) is 0 Å². The Morgan fingerprint density at radius 1 is 1.14 bits per heavy atom. The van der Waals surface area contributed by atoms with Gasteiger partial charge in [0.2, 0.25) is 0 Å². The number of sulfone groups is 1. The van der Waals surface area contributed by atoms with Crippen LogP contribution in [0.15, 0.2) is 47.4 Å². The molecule has 2 aromatic carbocycles. The molecule has 1 aliphatic rings. The highest BCUT2D eigenvalue weighted by atomic mass is 32.2. The largest absolute Gasteiger partial charge is 0.377 e. The Morgan fingerprint density at radius 3 is 2.43 bits per heavy atom. The Hall–Kier alpha value is -2.45. The van der Waals surface area contributed by atoms with Crippen molar-refractivity contribution >= 4 is 21.2 Å². The molecule has 8 heteroatoms. The third-order valence-corrected chi connectivity index (χ3v) is 6.31. The third-order valence-electron chi connectivity index (χ3n) is 5.18. The van der Waals surface area contributed by atoms with Crippen molar-refractivity contribution in [2.75, 3.05) is 24.7 Å². The number of aryl methyl sites for hydroxylation is 1. The molecule has 2 aromatic rings. The fourth-order valence-electron chi connectivity index (χ4n) is 3.61. The minimum atomic E-state index is -3.68. The van der Waals surface area contributed by atoms with Crippen LogP contribution in [0.3, 0.4) is 0 Å². The number of likely N-dealkylation sites (tertiary alicyclic amines) is 1. The zero-order valence-corrected chi connectivity index (χ0v) is 16.9. The number of hydrogen-bond acceptors (Lipinski definition) is 6. The van der Waals surface area contributed by atoms with Crippen LogP contribution in [0, 0.1) is 17.0 Å². The lowest BCUT2D eigenvalue weighted by Gasteiger charge is -2.33. The smallest absolute Gasteiger partial charge is 0.310 e. The van der Waals surface area contributed by atoms with Gasteiger partial charge in [-0.2, -0.15) is 0 Å². The zero-order valence-electron chi connectivity index (χ0n) is 16.1. The Labute approximate surface area is 165 Å². The number of hydrogen-bond donors (Lipinski definition) is 1. The van der Waals surface area contributed by atoms with Crippen molar-refractivity contribution in [3.8, 4) is 0 Å². The van der Waals surface area contributed by atoms with E-state index in [-0.39, 0.29) is 22.3 Å². The minimum Gasteiger partial charge on any atom is -0.377 e. The molecule has 1 aliphatic heterocycles. The van der Waals surface area contributed by atoms with E-state index >= 15 is 0 Å². The van der Waals surface area contributed by atoms with E-state index in [1.807, 2.05) is 12.1 Å². The molecule has 3 rings (SSSR count). The molecule has 0 bridgehead atoms. The van der Waals surface area contributed by atoms with Crippen molar-refractivity contribution in [3.05, 3.63) is 63.7 Å². The van der Waals surface area contributed by atoms with Crippen molar-refractivity contribution in [1.82, 2.24) is 4.90 Å². The standard InChI is InChI=1S/C20H25N3O4S/c1-15-6-3-4-7-16(15)14-22-12-10-17(11-13-22)21-18-8-5-9-19(28(2,26)27)20(18)23(24)25/h3-9,17,21H,10-14H2,1-2H3. The van der Waals surface area contributed by atoms with Gasteiger partial charge in [-0.15, -0.1) is 0 Å². The molecule has 0 aliphatic carbocycles. The number of rotatable bonds is 6. The summed E-state index contributed by atoms with van der Waals surface area (Å²) >= 11 is 0. The molecule has 1 fully saturated rings. The Balaban J connectivity index is 1.68. The molecule has 0 aromatic heterocycles. The fraction of sp³-hybridized carbons (Fsp3) is 0.400. The van der Waals surface area contributed by atoms with Gasteiger partial charge in [-0.1, -0.05) is 30.3 Å². The lowest BCUT2D eigenvalue weighted by Crippen LogP contribution is -2.38. The summed E-state index contributed by atoms with van der Waals surface area (Å²) in [6, 6.07) is 12.8. The zero-order chi connectivity index (χ0) is 20.3. The molecule has 0 spiro atoms. The molecule has 0 unspecified atom stereocenters. The maximum Gasteiger partial charge on any atom is 0.310 e. The quantitative estimate of drug-likeness (QED) is 0.587. The lowest BCUT2D eigenvalue weighted by molar-refractivity contribution is -0.386. The normalized spacial score (nSPS) is 16.1. The van der Waals surface area contributed by atoms with Gasteiger partial charge in [0.05, 0.1) is 4.92 Å². The third kappa shape index (κ3) is 4.69. The highest BCUT2D eigenvalue weighted by molar-refractivity contribution is 7.90. The van der Waals surface area contributed by atoms with Crippen molar-refractivity contribution in [1.29, 1.82) is 0 Å². The van der Waals surface area contributed by atoms with Gasteiger partial charge in [0.25, 0.3) is 0 Å². The number of para-hydroxylation sites is 1. The topological polar surface area (TPSA) is 92.6 Å². The highest BCUT2D eigenvalue weighted by Crippen LogP contribution is 2.33. The maximum absolute atomic E-state index is 11.9. The summed E-state index contributed by atoms with van der Waals surface area (Å²) in [5.74, 6) is 0. The van der Waals surface area contributed by atoms with Crippen LogP contribution in [-0.4, -0.2) is 43.6 Å². The second kappa shape index (κ2) is 8.28. The van der Waals surface area contributed by atoms with E-state index in [1.54, 1.807) is 12.1 Å². The first-order valence-electron chi connectivity index (χ1n) is 9.26. The van der Waals surface area contributed by atoms with E-state index in [4.69, 9.17) is 0 Å². The lowest BCUT2D eigenvalue weighted by atomic mass is 10.0. The van der Waals surface area contributed by atoms with Gasteiger partial charge < -0.3 is 5.32 Å². The SMILES string of the molecule is Cc1ccccc1CN1CCC(Nc2cccc(S(C)(=O)=O)c2[N+](=O)[O-])CC1. The first-order chi connectivity index (χ1) is 13.3. The molecule has 150 valence electrons. The summed E-state index contributed by atoms with van der Waals surface area (Å²) in [5, 5.41) is 14.7. The van der Waals surface area contributed by atoms with E-state index in [0.717, 1.165) is 38.7 Å². The monoisotopic (exact) mass is 403 g/mol. The number of benzene rings is 2. The second-order valence-electron chi connectivity index (χ2n) is 7.30. The second-order valence-corrected chi connectivity index (χ2v) is 9.29. The molecule has 0 amide bonds. The number of nitrogens with zero attached hydrogens (tertiary/aromatic N) is 2. The van der Waals surface area contributed by atoms with Gasteiger partial charge in [0, 0.05) is 31.9 Å². The average Bonchev–Trinajstić information content (AvgIpc) is 2.64. The molecule has 0 saturated carbocycles. The summed E-state index contributed by atoms with van der Waals surface area (Å²) in [7, 11) is -3.68. The van der Waals surface area contributed by atoms with Crippen LogP contribution < -0.4 is 5.32 Å². The molecule has 1 saturated heterocycles. The number of nitrogens with one attached hydrogen (secondary N) is 1. The molecule has 1 heterocycles. The molecule has 28 heavy (non-hydrogen) atoms. The number of nitro benzene ring substituents is 1. The number of nitro groups is 1. The molecular formula is C20H25N3O4S. The maximum atomic E-state index is 11.9. The van der Waals surface area contributed by atoms with E-state index in [2.05, 4.69) is 29.3 Å². The van der Waals surface area contributed by atoms with E-state index in [9.17, 15) is 18.5 Å². The van der Waals surface area contributed by atoms with Crippen molar-refractivity contribution in [2.45, 2.75) is 37.2 Å². The van der Waals surface area contributed by atoms with Gasteiger partial charge in [0.1, 0.15) is 10.6 Å². The van der Waals surface area contributed by atoms with Gasteiger partial charge in [-0.25, -0.2) is 8.42 Å². The molecule has 1 N–H and O–H groups in total. The Kier molecular flexibility index (Phi) is 6.00. The van der Waals surface area contributed by atoms with Crippen LogP contribution in [0.4, 0.5) is 11.4 Å². The average molecular weight is 404 g/mol. The minimum absolute atomic E-state index is 0.0710. The molecular weight excluding hydrogens is 378 g/mol. The molecule has 0 atom stereocenters. The summed E-state index contributed by atoms with van der Waals surface area (Å²) < 4.78 is 23.8. The Morgan fingerprint density at radius 2 is 1.82 bits per heavy atom. The van der Waals surface area contributed by atoms with Crippen molar-refractivity contribution < 1.29 is 13.3 Å². The van der Waals surface area contributed by atoms with E-state index < -0.39 is 14.8 Å². The van der Waals surface area contributed by atoms with Crippen LogP contribution in [0.1, 0.15) is 24.0 Å². The molecule has 7 nitrogen and oxygen atoms in total. The van der Waals surface area contributed by atoms with E-state index in [1.165, 1.54) is 17.2 Å². The van der Waals surface area contributed by atoms with Crippen LogP contribution >= 0.6 is 0 Å². The Bertz CT molecular complexity index is 967. The van der Waals surface area contributed by atoms with Gasteiger partial charge in [-0.05, 0) is 43.0 Å². The van der Waals surface area contributed by atoms with Crippen LogP contribution in [-0.2, 0) is 16.4 Å². The first-order valence-corrected chi connectivity index (χ1v) is 11.2. The van der Waals surface area contributed by atoms with E-state index in [0.29, 0.717) is 0 Å². The summed E-state index contributed by atoms with van der Waals surface area (Å²) in [6.45, 7) is 4.76. The van der Waals surface area contributed by atoms with Crippen molar-refractivity contribution in [3.63, 3.8) is 0 Å². The van der Waals surface area contributed by atoms with Crippen molar-refractivity contribution in [2.24, 2.45) is 0 Å². The summed E-state index contributed by atoms with van der Waals surface area (Å²) in [4.78, 5) is 13.0. The van der Waals surface area contributed by atoms with Crippen LogP contribution in [0.2, 0.25) is 0 Å². The first kappa shape index (κ1) is 20.3. The van der Waals surface area contributed by atoms with Gasteiger partial charge >= 0.3 is 5.69 Å². The van der Waals surface area contributed by atoms with Gasteiger partial charge in [-0.3, -0.25) is 15.0 Å².